The van der Waals surface area contributed by atoms with Crippen molar-refractivity contribution in [3.8, 4) is 0 Å². The highest BCUT2D eigenvalue weighted by atomic mass is 32.1. The maximum absolute atomic E-state index is 12.3. The summed E-state index contributed by atoms with van der Waals surface area (Å²) in [5, 5.41) is 6.02. The van der Waals surface area contributed by atoms with Gasteiger partial charge in [-0.3, -0.25) is 15.1 Å². The van der Waals surface area contributed by atoms with Crippen LogP contribution in [0.2, 0.25) is 0 Å². The second kappa shape index (κ2) is 5.11. The van der Waals surface area contributed by atoms with Gasteiger partial charge < -0.3 is 0 Å². The Bertz CT molecular complexity index is 1100. The van der Waals surface area contributed by atoms with Crippen LogP contribution >= 0.6 is 11.3 Å². The third-order valence-electron chi connectivity index (χ3n) is 4.47. The molecule has 24 heavy (non-hydrogen) atoms. The van der Waals surface area contributed by atoms with Crippen LogP contribution in [0.3, 0.4) is 0 Å². The lowest BCUT2D eigenvalue weighted by atomic mass is 10.0. The average molecular weight is 331 g/mol. The number of carbonyl (C=O) groups is 1. The van der Waals surface area contributed by atoms with Gasteiger partial charge in [0, 0.05) is 11.6 Å². The first kappa shape index (κ1) is 13.6. The fraction of sp³-hybridized carbons (Fsp3) is 0.105. The molecule has 0 radical (unpaired) electrons. The molecule has 0 saturated heterocycles. The van der Waals surface area contributed by atoms with E-state index in [0.29, 0.717) is 10.8 Å². The molecule has 2 aromatic carbocycles. The van der Waals surface area contributed by atoms with E-state index in [1.54, 1.807) is 24.4 Å². The van der Waals surface area contributed by atoms with Gasteiger partial charge in [-0.2, -0.15) is 0 Å². The molecule has 0 unspecified atom stereocenters. The van der Waals surface area contributed by atoms with E-state index in [2.05, 4.69) is 39.6 Å². The highest BCUT2D eigenvalue weighted by molar-refractivity contribution is 7.22. The van der Waals surface area contributed by atoms with E-state index in [9.17, 15) is 4.79 Å². The second-order valence-corrected chi connectivity index (χ2v) is 6.94. The van der Waals surface area contributed by atoms with E-state index in [0.717, 1.165) is 23.1 Å². The molecule has 0 bridgehead atoms. The molecule has 116 valence electrons. The van der Waals surface area contributed by atoms with Crippen LogP contribution in [0.1, 0.15) is 21.6 Å². The number of benzene rings is 2. The van der Waals surface area contributed by atoms with Crippen LogP contribution in [-0.2, 0) is 12.8 Å². The van der Waals surface area contributed by atoms with Crippen molar-refractivity contribution >= 4 is 43.4 Å². The summed E-state index contributed by atoms with van der Waals surface area (Å²) in [5.74, 6) is -0.230. The van der Waals surface area contributed by atoms with Gasteiger partial charge in [0.2, 0.25) is 0 Å². The maximum atomic E-state index is 12.3. The molecule has 0 saturated carbocycles. The molecule has 1 aliphatic carbocycles. The highest BCUT2D eigenvalue weighted by Gasteiger charge is 2.19. The Labute approximate surface area is 142 Å². The highest BCUT2D eigenvalue weighted by Crippen LogP contribution is 2.39. The fourth-order valence-corrected chi connectivity index (χ4v) is 4.36. The summed E-state index contributed by atoms with van der Waals surface area (Å²) in [6.07, 6.45) is 3.80. The lowest BCUT2D eigenvalue weighted by molar-refractivity contribution is 0.102. The van der Waals surface area contributed by atoms with Gasteiger partial charge in [0.05, 0.1) is 10.2 Å². The minimum Gasteiger partial charge on any atom is -0.296 e. The predicted octanol–water partition coefficient (Wildman–Crippen LogP) is 4.20. The van der Waals surface area contributed by atoms with E-state index in [1.165, 1.54) is 33.2 Å². The van der Waals surface area contributed by atoms with E-state index in [-0.39, 0.29) is 5.91 Å². The molecule has 1 aliphatic rings. The Hall–Kier alpha value is -2.79. The van der Waals surface area contributed by atoms with E-state index in [1.807, 2.05) is 0 Å². The van der Waals surface area contributed by atoms with Gasteiger partial charge in [-0.25, -0.2) is 4.98 Å². The van der Waals surface area contributed by atoms with E-state index in [4.69, 9.17) is 0 Å². The SMILES string of the molecule is O=C(Nc1nc2c(cc3c4c(cccc42)CC3)s1)c1ccccn1. The molecule has 5 heteroatoms. The average Bonchev–Trinajstić information content (AvgIpc) is 3.21. The van der Waals surface area contributed by atoms with Crippen molar-refractivity contribution in [3.63, 3.8) is 0 Å². The van der Waals surface area contributed by atoms with Gasteiger partial charge in [-0.05, 0) is 47.6 Å². The van der Waals surface area contributed by atoms with E-state index >= 15 is 0 Å². The molecule has 0 aliphatic heterocycles. The zero-order chi connectivity index (χ0) is 16.1. The standard InChI is InChI=1S/C19H13N3OS/c23-18(14-6-1-2-9-20-14)22-19-21-17-13-5-3-4-11-7-8-12(16(11)13)10-15(17)24-19/h1-6,9-10H,7-8H2,(H,21,22,23). The molecule has 1 amide bonds. The first-order valence-corrected chi connectivity index (χ1v) is 8.68. The Balaban J connectivity index is 1.61. The first-order valence-electron chi connectivity index (χ1n) is 7.86. The van der Waals surface area contributed by atoms with Crippen molar-refractivity contribution in [3.05, 3.63) is 65.5 Å². The lowest BCUT2D eigenvalue weighted by Crippen LogP contribution is -2.12. The maximum Gasteiger partial charge on any atom is 0.276 e. The Morgan fingerprint density at radius 3 is 2.88 bits per heavy atom. The van der Waals surface area contributed by atoms with Crippen LogP contribution in [0.5, 0.6) is 0 Å². The summed E-state index contributed by atoms with van der Waals surface area (Å²) < 4.78 is 1.12. The quantitative estimate of drug-likeness (QED) is 0.599. The van der Waals surface area contributed by atoms with Gasteiger partial charge in [-0.1, -0.05) is 35.6 Å². The van der Waals surface area contributed by atoms with Gasteiger partial charge in [-0.15, -0.1) is 0 Å². The molecular formula is C19H13N3OS. The van der Waals surface area contributed by atoms with Crippen LogP contribution in [0.25, 0.3) is 21.0 Å². The van der Waals surface area contributed by atoms with Crippen LogP contribution in [0, 0.1) is 0 Å². The minimum atomic E-state index is -0.230. The number of anilines is 1. The Kier molecular flexibility index (Phi) is 2.90. The number of fused-ring (bicyclic) bond motifs is 2. The summed E-state index contributed by atoms with van der Waals surface area (Å²) >= 11 is 1.52. The zero-order valence-corrected chi connectivity index (χ0v) is 13.6. The lowest BCUT2D eigenvalue weighted by Gasteiger charge is -2.02. The Morgan fingerprint density at radius 1 is 1.08 bits per heavy atom. The molecule has 0 fully saturated rings. The largest absolute Gasteiger partial charge is 0.296 e. The van der Waals surface area contributed by atoms with Crippen molar-refractivity contribution in [2.75, 3.05) is 5.32 Å². The molecule has 2 aromatic heterocycles. The molecule has 0 atom stereocenters. The number of amides is 1. The summed E-state index contributed by atoms with van der Waals surface area (Å²) in [6.45, 7) is 0. The van der Waals surface area contributed by atoms with Crippen molar-refractivity contribution < 1.29 is 4.79 Å². The number of carbonyl (C=O) groups excluding carboxylic acids is 1. The molecular weight excluding hydrogens is 318 g/mol. The van der Waals surface area contributed by atoms with Crippen LogP contribution in [-0.4, -0.2) is 15.9 Å². The molecule has 5 rings (SSSR count). The number of aryl methyl sites for hydroxylation is 2. The molecule has 4 nitrogen and oxygen atoms in total. The first-order chi connectivity index (χ1) is 11.8. The molecule has 4 aromatic rings. The number of hydrogen-bond acceptors (Lipinski definition) is 4. The van der Waals surface area contributed by atoms with E-state index < -0.39 is 0 Å². The third kappa shape index (κ3) is 2.02. The van der Waals surface area contributed by atoms with Crippen LogP contribution in [0.4, 0.5) is 5.13 Å². The Morgan fingerprint density at radius 2 is 2.00 bits per heavy atom. The summed E-state index contributed by atoms with van der Waals surface area (Å²) in [5.41, 5.74) is 4.15. The van der Waals surface area contributed by atoms with Crippen LogP contribution < -0.4 is 5.32 Å². The predicted molar refractivity (Wildman–Crippen MR) is 96.7 cm³/mol. The summed E-state index contributed by atoms with van der Waals surface area (Å²) in [4.78, 5) is 21.0. The van der Waals surface area contributed by atoms with Gasteiger partial charge in [0.25, 0.3) is 5.91 Å². The normalized spacial score (nSPS) is 12.8. The number of nitrogens with zero attached hydrogens (tertiary/aromatic N) is 2. The topological polar surface area (TPSA) is 54.9 Å². The van der Waals surface area contributed by atoms with Crippen molar-refractivity contribution in [2.24, 2.45) is 0 Å². The minimum absolute atomic E-state index is 0.230. The third-order valence-corrected chi connectivity index (χ3v) is 5.39. The number of hydrogen-bond donors (Lipinski definition) is 1. The van der Waals surface area contributed by atoms with Gasteiger partial charge in [0.15, 0.2) is 5.13 Å². The number of pyridine rings is 1. The van der Waals surface area contributed by atoms with Crippen molar-refractivity contribution in [2.45, 2.75) is 12.8 Å². The van der Waals surface area contributed by atoms with Crippen LogP contribution in [0.15, 0.2) is 48.7 Å². The number of rotatable bonds is 2. The molecule has 2 heterocycles. The molecule has 1 N–H and O–H groups in total. The van der Waals surface area contributed by atoms with Gasteiger partial charge in [0.1, 0.15) is 5.69 Å². The number of aromatic nitrogens is 2. The number of nitrogens with one attached hydrogen (secondary N) is 1. The summed E-state index contributed by atoms with van der Waals surface area (Å²) in [7, 11) is 0. The smallest absolute Gasteiger partial charge is 0.276 e. The van der Waals surface area contributed by atoms with Crippen molar-refractivity contribution in [1.82, 2.24) is 9.97 Å². The fourth-order valence-electron chi connectivity index (χ4n) is 3.42. The molecule has 0 spiro atoms. The summed E-state index contributed by atoms with van der Waals surface area (Å²) in [6, 6.07) is 13.9. The monoisotopic (exact) mass is 331 g/mol. The van der Waals surface area contributed by atoms with Gasteiger partial charge >= 0.3 is 0 Å². The zero-order valence-electron chi connectivity index (χ0n) is 12.7. The number of thiazole rings is 1. The van der Waals surface area contributed by atoms with Crippen molar-refractivity contribution in [1.29, 1.82) is 0 Å². The second-order valence-electron chi connectivity index (χ2n) is 5.91.